The van der Waals surface area contributed by atoms with E-state index in [0.717, 1.165) is 31.2 Å². The lowest BCUT2D eigenvalue weighted by molar-refractivity contribution is -0.114. The van der Waals surface area contributed by atoms with Crippen molar-refractivity contribution in [2.24, 2.45) is 0 Å². The van der Waals surface area contributed by atoms with E-state index >= 15 is 0 Å². The molecule has 0 spiro atoms. The van der Waals surface area contributed by atoms with Gasteiger partial charge in [0.2, 0.25) is 5.91 Å². The summed E-state index contributed by atoms with van der Waals surface area (Å²) in [5.74, 6) is -0.156. The second-order valence-electron chi connectivity index (χ2n) is 8.01. The van der Waals surface area contributed by atoms with E-state index < -0.39 is 11.7 Å². The predicted octanol–water partition coefficient (Wildman–Crippen LogP) is 3.54. The van der Waals surface area contributed by atoms with Crippen LogP contribution in [0.3, 0.4) is 0 Å². The quantitative estimate of drug-likeness (QED) is 0.685. The molecule has 1 saturated carbocycles. The van der Waals surface area contributed by atoms with Crippen molar-refractivity contribution in [3.8, 4) is 0 Å². The molecule has 8 heteroatoms. The number of hydrogen-bond acceptors (Lipinski definition) is 4. The van der Waals surface area contributed by atoms with Crippen LogP contribution in [0.2, 0.25) is 0 Å². The molecule has 0 radical (unpaired) electrons. The number of nitrogens with zero attached hydrogens (tertiary/aromatic N) is 1. The number of amides is 4. The van der Waals surface area contributed by atoms with Crippen LogP contribution in [0, 0.1) is 0 Å². The van der Waals surface area contributed by atoms with Gasteiger partial charge in [-0.1, -0.05) is 25.0 Å². The zero-order valence-corrected chi connectivity index (χ0v) is 17.0. The van der Waals surface area contributed by atoms with Crippen molar-refractivity contribution in [2.45, 2.75) is 71.6 Å². The molecule has 8 nitrogen and oxygen atoms in total. The van der Waals surface area contributed by atoms with Crippen LogP contribution in [0.4, 0.5) is 15.3 Å². The second kappa shape index (κ2) is 9.43. The van der Waals surface area contributed by atoms with Crippen molar-refractivity contribution in [3.05, 3.63) is 29.8 Å². The first-order chi connectivity index (χ1) is 13.1. The number of urea groups is 1. The average Bonchev–Trinajstić information content (AvgIpc) is 3.06. The standard InChI is InChI=1S/C20H30N4O4/c1-14(25)21-17-11-9-15(10-12-17)13-24(23-19(27)28-20(2,3)4)18(26)22-16-7-5-6-8-16/h9-12,16H,5-8,13H2,1-4H3,(H,21,25)(H,22,26)(H,23,27). The normalized spacial score (nSPS) is 14.3. The molecule has 154 valence electrons. The monoisotopic (exact) mass is 390 g/mol. The largest absolute Gasteiger partial charge is 0.443 e. The molecule has 2 rings (SSSR count). The Balaban J connectivity index is 2.06. The lowest BCUT2D eigenvalue weighted by atomic mass is 10.2. The molecule has 1 aliphatic carbocycles. The predicted molar refractivity (Wildman–Crippen MR) is 106 cm³/mol. The summed E-state index contributed by atoms with van der Waals surface area (Å²) in [6, 6.07) is 6.82. The number of rotatable bonds is 4. The number of ether oxygens (including phenoxy) is 1. The van der Waals surface area contributed by atoms with Crippen molar-refractivity contribution in [3.63, 3.8) is 0 Å². The van der Waals surface area contributed by atoms with Gasteiger partial charge in [0.15, 0.2) is 0 Å². The maximum absolute atomic E-state index is 12.7. The molecule has 0 aliphatic heterocycles. The van der Waals surface area contributed by atoms with Crippen LogP contribution in [0.1, 0.15) is 58.9 Å². The van der Waals surface area contributed by atoms with Crippen LogP contribution < -0.4 is 16.1 Å². The summed E-state index contributed by atoms with van der Waals surface area (Å²) in [6.07, 6.45) is 3.38. The minimum Gasteiger partial charge on any atom is -0.443 e. The van der Waals surface area contributed by atoms with E-state index in [4.69, 9.17) is 4.74 Å². The molecule has 0 bridgehead atoms. The summed E-state index contributed by atoms with van der Waals surface area (Å²) in [6.45, 7) is 6.88. The zero-order valence-electron chi connectivity index (χ0n) is 17.0. The van der Waals surface area contributed by atoms with Crippen LogP contribution in [0.5, 0.6) is 0 Å². The Bertz CT molecular complexity index is 691. The molecular formula is C20H30N4O4. The van der Waals surface area contributed by atoms with E-state index in [1.54, 1.807) is 45.0 Å². The minimum atomic E-state index is -0.691. The fourth-order valence-electron chi connectivity index (χ4n) is 2.98. The zero-order chi connectivity index (χ0) is 20.7. The smallest absolute Gasteiger partial charge is 0.426 e. The van der Waals surface area contributed by atoms with Crippen molar-refractivity contribution in [1.29, 1.82) is 0 Å². The van der Waals surface area contributed by atoms with E-state index in [0.29, 0.717) is 5.69 Å². The van der Waals surface area contributed by atoms with E-state index in [2.05, 4.69) is 16.1 Å². The fourth-order valence-corrected chi connectivity index (χ4v) is 2.98. The number of hydrazine groups is 1. The lowest BCUT2D eigenvalue weighted by Gasteiger charge is -2.27. The summed E-state index contributed by atoms with van der Waals surface area (Å²) in [5, 5.41) is 6.88. The van der Waals surface area contributed by atoms with Crippen LogP contribution in [0.15, 0.2) is 24.3 Å². The van der Waals surface area contributed by atoms with E-state index in [-0.39, 0.29) is 24.5 Å². The van der Waals surface area contributed by atoms with Gasteiger partial charge in [0.1, 0.15) is 5.60 Å². The minimum absolute atomic E-state index is 0.123. The molecule has 1 fully saturated rings. The van der Waals surface area contributed by atoms with Crippen LogP contribution >= 0.6 is 0 Å². The van der Waals surface area contributed by atoms with Gasteiger partial charge in [-0.15, -0.1) is 0 Å². The molecule has 4 amide bonds. The lowest BCUT2D eigenvalue weighted by Crippen LogP contribution is -2.53. The molecule has 3 N–H and O–H groups in total. The number of nitrogens with one attached hydrogen (secondary N) is 3. The van der Waals surface area contributed by atoms with Crippen LogP contribution in [-0.2, 0) is 16.1 Å². The molecule has 0 aromatic heterocycles. The van der Waals surface area contributed by atoms with Crippen LogP contribution in [-0.4, -0.2) is 34.7 Å². The Morgan fingerprint density at radius 3 is 2.25 bits per heavy atom. The molecule has 1 aliphatic rings. The van der Waals surface area contributed by atoms with Crippen molar-refractivity contribution < 1.29 is 19.1 Å². The van der Waals surface area contributed by atoms with Gasteiger partial charge >= 0.3 is 12.1 Å². The van der Waals surface area contributed by atoms with Crippen molar-refractivity contribution in [2.75, 3.05) is 5.32 Å². The molecular weight excluding hydrogens is 360 g/mol. The maximum Gasteiger partial charge on any atom is 0.426 e. The highest BCUT2D eigenvalue weighted by molar-refractivity contribution is 5.88. The number of carbonyl (C=O) groups excluding carboxylic acids is 3. The molecule has 28 heavy (non-hydrogen) atoms. The number of hydrogen-bond donors (Lipinski definition) is 3. The fraction of sp³-hybridized carbons (Fsp3) is 0.550. The Morgan fingerprint density at radius 2 is 1.71 bits per heavy atom. The van der Waals surface area contributed by atoms with Crippen molar-refractivity contribution in [1.82, 2.24) is 15.8 Å². The highest BCUT2D eigenvalue weighted by Crippen LogP contribution is 2.18. The van der Waals surface area contributed by atoms with E-state index in [1.165, 1.54) is 11.9 Å². The molecule has 0 unspecified atom stereocenters. The third-order valence-electron chi connectivity index (χ3n) is 4.17. The van der Waals surface area contributed by atoms with Gasteiger partial charge in [-0.05, 0) is 51.3 Å². The van der Waals surface area contributed by atoms with Gasteiger partial charge in [0.05, 0.1) is 6.54 Å². The van der Waals surface area contributed by atoms with E-state index in [1.807, 2.05) is 0 Å². The van der Waals surface area contributed by atoms with Crippen LogP contribution in [0.25, 0.3) is 0 Å². The highest BCUT2D eigenvalue weighted by atomic mass is 16.6. The van der Waals surface area contributed by atoms with Gasteiger partial charge in [0.25, 0.3) is 0 Å². The van der Waals surface area contributed by atoms with Gasteiger partial charge in [-0.3, -0.25) is 4.79 Å². The van der Waals surface area contributed by atoms with Gasteiger partial charge < -0.3 is 15.4 Å². The third-order valence-corrected chi connectivity index (χ3v) is 4.17. The molecule has 0 saturated heterocycles. The second-order valence-corrected chi connectivity index (χ2v) is 8.01. The van der Waals surface area contributed by atoms with Crippen molar-refractivity contribution >= 4 is 23.7 Å². The number of anilines is 1. The number of carbonyl (C=O) groups is 3. The molecule has 1 aromatic rings. The van der Waals surface area contributed by atoms with E-state index in [9.17, 15) is 14.4 Å². The Hall–Kier alpha value is -2.77. The summed E-state index contributed by atoms with van der Waals surface area (Å²) in [4.78, 5) is 36.0. The molecule has 1 aromatic carbocycles. The first kappa shape index (κ1) is 21.5. The summed E-state index contributed by atoms with van der Waals surface area (Å²) in [5.41, 5.74) is 3.33. The molecule has 0 atom stereocenters. The molecule has 0 heterocycles. The Kier molecular flexibility index (Phi) is 7.25. The van der Waals surface area contributed by atoms with Gasteiger partial charge in [-0.2, -0.15) is 0 Å². The summed E-state index contributed by atoms with van der Waals surface area (Å²) < 4.78 is 5.27. The first-order valence-corrected chi connectivity index (χ1v) is 9.56. The Labute approximate surface area is 166 Å². The summed E-state index contributed by atoms with van der Waals surface area (Å²) in [7, 11) is 0. The third kappa shape index (κ3) is 7.46. The topological polar surface area (TPSA) is 99.8 Å². The average molecular weight is 390 g/mol. The maximum atomic E-state index is 12.7. The highest BCUT2D eigenvalue weighted by Gasteiger charge is 2.24. The summed E-state index contributed by atoms with van der Waals surface area (Å²) >= 11 is 0. The first-order valence-electron chi connectivity index (χ1n) is 9.56. The van der Waals surface area contributed by atoms with Gasteiger partial charge in [0, 0.05) is 18.7 Å². The SMILES string of the molecule is CC(=O)Nc1ccc(CN(NC(=O)OC(C)(C)C)C(=O)NC2CCCC2)cc1. The van der Waals surface area contributed by atoms with Gasteiger partial charge in [-0.25, -0.2) is 20.0 Å². The Morgan fingerprint density at radius 1 is 1.11 bits per heavy atom. The number of benzene rings is 1.